The van der Waals surface area contributed by atoms with Crippen LogP contribution in [0.25, 0.3) is 0 Å². The molecule has 0 radical (unpaired) electrons. The van der Waals surface area contributed by atoms with Crippen LogP contribution in [0.15, 0.2) is 0 Å². The second-order valence-corrected chi connectivity index (χ2v) is 7.99. The summed E-state index contributed by atoms with van der Waals surface area (Å²) in [7, 11) is 0. The summed E-state index contributed by atoms with van der Waals surface area (Å²) in [5.41, 5.74) is 0.445. The Labute approximate surface area is 130 Å². The van der Waals surface area contributed by atoms with Gasteiger partial charge < -0.3 is 0 Å². The Kier molecular flexibility index (Phi) is 6.02. The van der Waals surface area contributed by atoms with Crippen LogP contribution in [-0.2, 0) is 0 Å². The van der Waals surface area contributed by atoms with Crippen LogP contribution in [0, 0.1) is 28.6 Å². The fraction of sp³-hybridized carbons (Fsp3) is 0.889. The van der Waals surface area contributed by atoms with Gasteiger partial charge in [0.25, 0.3) is 0 Å². The molecule has 0 aromatic rings. The first-order chi connectivity index (χ1) is 9.19. The highest BCUT2D eigenvalue weighted by atomic mass is 32.1. The first kappa shape index (κ1) is 17.9. The molecule has 0 spiro atoms. The summed E-state index contributed by atoms with van der Waals surface area (Å²) in [5, 5.41) is -1.25. The van der Waals surface area contributed by atoms with Crippen LogP contribution in [0.4, 0.5) is 4.39 Å². The maximum atomic E-state index is 13.9. The van der Waals surface area contributed by atoms with Gasteiger partial charge in [-0.05, 0) is 48.9 Å². The van der Waals surface area contributed by atoms with Gasteiger partial charge in [-0.25, -0.2) is 4.39 Å². The van der Waals surface area contributed by atoms with Crippen molar-refractivity contribution in [2.45, 2.75) is 84.6 Å². The molecule has 0 heterocycles. The van der Waals surface area contributed by atoms with E-state index in [1.54, 1.807) is 0 Å². The molecule has 2 unspecified atom stereocenters. The third-order valence-electron chi connectivity index (χ3n) is 5.85. The molecule has 0 saturated heterocycles. The zero-order valence-corrected chi connectivity index (χ0v) is 14.7. The van der Waals surface area contributed by atoms with E-state index in [9.17, 15) is 4.39 Å². The van der Waals surface area contributed by atoms with Gasteiger partial charge in [-0.3, -0.25) is 0 Å². The Balaban J connectivity index is 2.82. The highest BCUT2D eigenvalue weighted by Gasteiger charge is 2.46. The predicted octanol–water partition coefficient (Wildman–Crippen LogP) is 6.02. The predicted molar refractivity (Wildman–Crippen MR) is 89.6 cm³/mol. The van der Waals surface area contributed by atoms with E-state index in [0.717, 1.165) is 32.1 Å². The van der Waals surface area contributed by atoms with Crippen LogP contribution in [-0.4, -0.2) is 5.00 Å². The molecule has 1 aliphatic carbocycles. The van der Waals surface area contributed by atoms with Gasteiger partial charge in [0.2, 0.25) is 0 Å². The van der Waals surface area contributed by atoms with Crippen molar-refractivity contribution in [3.8, 4) is 11.8 Å². The van der Waals surface area contributed by atoms with Gasteiger partial charge in [-0.1, -0.05) is 34.6 Å². The van der Waals surface area contributed by atoms with Crippen LogP contribution in [0.3, 0.4) is 0 Å². The smallest absolute Gasteiger partial charge is 0.153 e. The lowest BCUT2D eigenvalue weighted by Crippen LogP contribution is -2.42. The molecule has 2 atom stereocenters. The fourth-order valence-corrected chi connectivity index (χ4v) is 3.68. The van der Waals surface area contributed by atoms with Crippen molar-refractivity contribution in [1.82, 2.24) is 0 Å². The maximum absolute atomic E-state index is 13.9. The number of thiol groups is 1. The zero-order chi connectivity index (χ0) is 15.4. The minimum atomic E-state index is -1.25. The molecule has 1 fully saturated rings. The normalized spacial score (nSPS) is 34.8. The van der Waals surface area contributed by atoms with Gasteiger partial charge in [0.15, 0.2) is 5.00 Å². The van der Waals surface area contributed by atoms with Crippen LogP contribution in [0.2, 0.25) is 0 Å². The molecule has 0 bridgehead atoms. The topological polar surface area (TPSA) is 0 Å². The lowest BCUT2D eigenvalue weighted by atomic mass is 9.57. The van der Waals surface area contributed by atoms with Crippen LogP contribution < -0.4 is 0 Å². The minimum Gasteiger partial charge on any atom is -0.232 e. The molecule has 0 aromatic carbocycles. The SMILES string of the molecule is CCC#CCC(C)(CC)C(C)C1(C)CCC(F)(S)CC1. The molecule has 116 valence electrons. The second-order valence-electron chi connectivity index (χ2n) is 7.19. The molecule has 1 saturated carbocycles. The van der Waals surface area contributed by atoms with Gasteiger partial charge in [0.1, 0.15) is 0 Å². The molecule has 0 nitrogen and oxygen atoms in total. The van der Waals surface area contributed by atoms with E-state index in [2.05, 4.69) is 59.1 Å². The maximum Gasteiger partial charge on any atom is 0.153 e. The van der Waals surface area contributed by atoms with Gasteiger partial charge in [0.05, 0.1) is 0 Å². The lowest BCUT2D eigenvalue weighted by molar-refractivity contribution is 0.00300. The molecule has 1 aliphatic rings. The summed E-state index contributed by atoms with van der Waals surface area (Å²) < 4.78 is 13.9. The van der Waals surface area contributed by atoms with Crippen molar-refractivity contribution in [3.63, 3.8) is 0 Å². The van der Waals surface area contributed by atoms with Crippen molar-refractivity contribution in [1.29, 1.82) is 0 Å². The van der Waals surface area contributed by atoms with Crippen molar-refractivity contribution >= 4 is 12.6 Å². The third-order valence-corrected chi connectivity index (χ3v) is 6.30. The van der Waals surface area contributed by atoms with Crippen molar-refractivity contribution in [3.05, 3.63) is 0 Å². The Morgan fingerprint density at radius 1 is 1.20 bits per heavy atom. The lowest BCUT2D eigenvalue weighted by Gasteiger charge is -2.49. The largest absolute Gasteiger partial charge is 0.232 e. The van der Waals surface area contributed by atoms with Gasteiger partial charge in [-0.2, -0.15) is 0 Å². The number of halogens is 1. The van der Waals surface area contributed by atoms with Crippen molar-refractivity contribution in [2.24, 2.45) is 16.7 Å². The Hall–Kier alpha value is -0.160. The molecule has 0 amide bonds. The minimum absolute atomic E-state index is 0.219. The van der Waals surface area contributed by atoms with E-state index in [1.807, 2.05) is 0 Å². The zero-order valence-electron chi connectivity index (χ0n) is 13.9. The van der Waals surface area contributed by atoms with Crippen molar-refractivity contribution in [2.75, 3.05) is 0 Å². The number of hydrogen-bond acceptors (Lipinski definition) is 1. The summed E-state index contributed by atoms with van der Waals surface area (Å²) in [6.07, 6.45) is 6.04. The molecule has 2 heteroatoms. The molecule has 0 aromatic heterocycles. The average molecular weight is 299 g/mol. The summed E-state index contributed by atoms with van der Waals surface area (Å²) >= 11 is 4.14. The molecular weight excluding hydrogens is 267 g/mol. The summed E-state index contributed by atoms with van der Waals surface area (Å²) in [5.74, 6) is 7.09. The molecule has 0 N–H and O–H groups in total. The Morgan fingerprint density at radius 3 is 2.20 bits per heavy atom. The van der Waals surface area contributed by atoms with Crippen LogP contribution >= 0.6 is 12.6 Å². The van der Waals surface area contributed by atoms with E-state index >= 15 is 0 Å². The first-order valence-electron chi connectivity index (χ1n) is 8.06. The highest BCUT2D eigenvalue weighted by molar-refractivity contribution is 7.81. The van der Waals surface area contributed by atoms with Crippen LogP contribution in [0.1, 0.15) is 79.6 Å². The molecule has 20 heavy (non-hydrogen) atoms. The number of rotatable bonds is 4. The van der Waals surface area contributed by atoms with E-state index < -0.39 is 5.00 Å². The van der Waals surface area contributed by atoms with Gasteiger partial charge in [-0.15, -0.1) is 24.5 Å². The summed E-state index contributed by atoms with van der Waals surface area (Å²) in [6.45, 7) is 11.4. The van der Waals surface area contributed by atoms with E-state index in [4.69, 9.17) is 0 Å². The standard InChI is InChI=1S/C18H31FS/c1-6-8-9-10-16(4,7-2)15(3)17(5)11-13-18(19,20)14-12-17/h15,20H,6-7,10-14H2,1-5H3. The first-order valence-corrected chi connectivity index (χ1v) is 8.51. The van der Waals surface area contributed by atoms with E-state index in [0.29, 0.717) is 18.8 Å². The van der Waals surface area contributed by atoms with E-state index in [1.165, 1.54) is 0 Å². The fourth-order valence-electron chi connectivity index (χ4n) is 3.45. The van der Waals surface area contributed by atoms with Crippen molar-refractivity contribution < 1.29 is 4.39 Å². The Bertz CT molecular complexity index is 367. The van der Waals surface area contributed by atoms with Crippen LogP contribution in [0.5, 0.6) is 0 Å². The monoisotopic (exact) mass is 298 g/mol. The average Bonchev–Trinajstić information content (AvgIpc) is 2.42. The quantitative estimate of drug-likeness (QED) is 0.476. The second kappa shape index (κ2) is 6.73. The summed E-state index contributed by atoms with van der Waals surface area (Å²) in [6, 6.07) is 0. The third kappa shape index (κ3) is 4.17. The molecular formula is C18H31FS. The van der Waals surface area contributed by atoms with Gasteiger partial charge >= 0.3 is 0 Å². The number of alkyl halides is 1. The highest BCUT2D eigenvalue weighted by Crippen LogP contribution is 2.54. The molecule has 0 aliphatic heterocycles. The van der Waals surface area contributed by atoms with E-state index in [-0.39, 0.29) is 10.8 Å². The number of hydrogen-bond donors (Lipinski definition) is 1. The van der Waals surface area contributed by atoms with Gasteiger partial charge in [0, 0.05) is 12.8 Å². The molecule has 1 rings (SSSR count). The summed E-state index contributed by atoms with van der Waals surface area (Å²) in [4.78, 5) is 0. The Morgan fingerprint density at radius 2 is 1.75 bits per heavy atom.